The molecule has 0 aliphatic carbocycles. The van der Waals surface area contributed by atoms with Crippen molar-refractivity contribution in [2.45, 2.75) is 13.3 Å². The van der Waals surface area contributed by atoms with Crippen molar-refractivity contribution in [3.05, 3.63) is 11.1 Å². The second-order valence-electron chi connectivity index (χ2n) is 3.58. The van der Waals surface area contributed by atoms with Crippen LogP contribution in [0.25, 0.3) is 0 Å². The Hall–Kier alpha value is -1.61. The lowest BCUT2D eigenvalue weighted by Gasteiger charge is -2.19. The molecule has 1 aromatic heterocycles. The lowest BCUT2D eigenvalue weighted by atomic mass is 10.3. The average Bonchev–Trinajstić information content (AvgIpc) is 2.74. The molecule has 0 aliphatic heterocycles. The number of carbonyl (C=O) groups is 2. The summed E-state index contributed by atoms with van der Waals surface area (Å²) in [5.74, 6) is -1.05. The summed E-state index contributed by atoms with van der Waals surface area (Å²) in [6, 6.07) is 0. The highest BCUT2D eigenvalue weighted by atomic mass is 32.1. The van der Waals surface area contributed by atoms with Crippen LogP contribution in [0, 0.1) is 0 Å². The lowest BCUT2D eigenvalue weighted by molar-refractivity contribution is -0.114. The number of nitrogens with one attached hydrogen (secondary N) is 1. The number of hydrogen-bond donors (Lipinski definition) is 2. The zero-order chi connectivity index (χ0) is 14.4. The number of rotatable bonds is 6. The van der Waals surface area contributed by atoms with Crippen LogP contribution < -0.4 is 5.32 Å². The Morgan fingerprint density at radius 1 is 1.58 bits per heavy atom. The fraction of sp³-hybridized carbons (Fsp3) is 0.500. The van der Waals surface area contributed by atoms with E-state index in [-0.39, 0.29) is 23.3 Å². The van der Waals surface area contributed by atoms with Crippen molar-refractivity contribution in [3.8, 4) is 0 Å². The van der Waals surface area contributed by atoms with Crippen molar-refractivity contribution in [1.29, 1.82) is 0 Å². The monoisotopic (exact) mass is 293 g/mol. The molecule has 1 rings (SSSR count). The van der Waals surface area contributed by atoms with Crippen molar-refractivity contribution < 1.29 is 23.5 Å². The normalized spacial score (nSPS) is 10.6. The predicted octanol–water partition coefficient (Wildman–Crippen LogP) is 0.801. The van der Waals surface area contributed by atoms with Gasteiger partial charge in [-0.3, -0.25) is 9.59 Å². The zero-order valence-electron chi connectivity index (χ0n) is 10.1. The maximum atomic E-state index is 12.3. The molecule has 6 nitrogen and oxygen atoms in total. The minimum atomic E-state index is -2.69. The highest BCUT2D eigenvalue weighted by Gasteiger charge is 2.21. The van der Waals surface area contributed by atoms with Gasteiger partial charge in [-0.2, -0.15) is 0 Å². The van der Waals surface area contributed by atoms with Gasteiger partial charge in [0.1, 0.15) is 5.69 Å². The highest BCUT2D eigenvalue weighted by molar-refractivity contribution is 7.14. The Balaban J connectivity index is 2.78. The first-order valence-electron chi connectivity index (χ1n) is 5.35. The Kier molecular flexibility index (Phi) is 5.77. The minimum Gasteiger partial charge on any atom is -0.395 e. The number of anilines is 1. The molecule has 0 unspecified atom stereocenters. The molecular formula is C10H13F2N3O3S. The first-order chi connectivity index (χ1) is 8.93. The van der Waals surface area contributed by atoms with Crippen molar-refractivity contribution in [2.24, 2.45) is 0 Å². The van der Waals surface area contributed by atoms with E-state index in [1.807, 2.05) is 0 Å². The molecule has 2 amide bonds. The average molecular weight is 293 g/mol. The summed E-state index contributed by atoms with van der Waals surface area (Å²) in [6.45, 7) is -0.0958. The van der Waals surface area contributed by atoms with Crippen molar-refractivity contribution >= 4 is 28.3 Å². The van der Waals surface area contributed by atoms with E-state index in [9.17, 15) is 18.4 Å². The number of aromatic nitrogens is 1. The molecule has 0 saturated heterocycles. The molecule has 0 aromatic carbocycles. The van der Waals surface area contributed by atoms with Gasteiger partial charge in [-0.15, -0.1) is 11.3 Å². The second-order valence-corrected chi connectivity index (χ2v) is 4.44. The van der Waals surface area contributed by atoms with Crippen LogP contribution in [0.1, 0.15) is 17.4 Å². The van der Waals surface area contributed by atoms with Gasteiger partial charge in [-0.25, -0.2) is 13.8 Å². The van der Waals surface area contributed by atoms with Gasteiger partial charge in [0, 0.05) is 18.8 Å². The van der Waals surface area contributed by atoms with Crippen LogP contribution >= 0.6 is 11.3 Å². The third-order valence-electron chi connectivity index (χ3n) is 2.02. The van der Waals surface area contributed by atoms with Crippen LogP contribution in [-0.2, 0) is 4.79 Å². The molecule has 0 saturated carbocycles. The van der Waals surface area contributed by atoms with E-state index in [0.29, 0.717) is 0 Å². The van der Waals surface area contributed by atoms with E-state index >= 15 is 0 Å². The standard InChI is InChI=1S/C10H13F2N3O3S/c1-6(17)13-10-14-7(5-19-10)9(18)15(2-3-16)4-8(11)12/h5,8,16H,2-4H2,1H3,(H,13,14,17). The first kappa shape index (κ1) is 15.4. The molecule has 0 aliphatic rings. The maximum absolute atomic E-state index is 12.3. The summed E-state index contributed by atoms with van der Waals surface area (Å²) in [5, 5.41) is 12.7. The van der Waals surface area contributed by atoms with E-state index in [1.165, 1.54) is 12.3 Å². The van der Waals surface area contributed by atoms with Gasteiger partial charge in [0.05, 0.1) is 13.2 Å². The highest BCUT2D eigenvalue weighted by Crippen LogP contribution is 2.17. The number of alkyl halides is 2. The smallest absolute Gasteiger partial charge is 0.273 e. The van der Waals surface area contributed by atoms with Crippen LogP contribution in [0.5, 0.6) is 0 Å². The van der Waals surface area contributed by atoms with Crippen LogP contribution in [-0.4, -0.2) is 52.9 Å². The zero-order valence-corrected chi connectivity index (χ0v) is 10.9. The molecule has 1 heterocycles. The molecule has 0 spiro atoms. The maximum Gasteiger partial charge on any atom is 0.273 e. The van der Waals surface area contributed by atoms with E-state index in [2.05, 4.69) is 10.3 Å². The van der Waals surface area contributed by atoms with Gasteiger partial charge in [0.15, 0.2) is 5.13 Å². The molecule has 2 N–H and O–H groups in total. The summed E-state index contributed by atoms with van der Waals surface area (Å²) in [7, 11) is 0. The van der Waals surface area contributed by atoms with Crippen LogP contribution in [0.4, 0.5) is 13.9 Å². The van der Waals surface area contributed by atoms with Crippen LogP contribution in [0.15, 0.2) is 5.38 Å². The number of hydrogen-bond acceptors (Lipinski definition) is 5. The number of aliphatic hydroxyl groups excluding tert-OH is 1. The molecule has 0 radical (unpaired) electrons. The number of amides is 2. The quantitative estimate of drug-likeness (QED) is 0.813. The fourth-order valence-corrected chi connectivity index (χ4v) is 2.04. The summed E-state index contributed by atoms with van der Waals surface area (Å²) >= 11 is 1.02. The third kappa shape index (κ3) is 4.87. The van der Waals surface area contributed by atoms with Crippen molar-refractivity contribution in [3.63, 3.8) is 0 Å². The van der Waals surface area contributed by atoms with Gasteiger partial charge in [-0.05, 0) is 0 Å². The lowest BCUT2D eigenvalue weighted by Crippen LogP contribution is -2.37. The number of thiazole rings is 1. The van der Waals surface area contributed by atoms with E-state index in [1.54, 1.807) is 0 Å². The summed E-state index contributed by atoms with van der Waals surface area (Å²) in [6.07, 6.45) is -2.69. The van der Waals surface area contributed by atoms with Crippen molar-refractivity contribution in [2.75, 3.05) is 25.0 Å². The van der Waals surface area contributed by atoms with Gasteiger partial charge in [-0.1, -0.05) is 0 Å². The van der Waals surface area contributed by atoms with Crippen molar-refractivity contribution in [1.82, 2.24) is 9.88 Å². The fourth-order valence-electron chi connectivity index (χ4n) is 1.31. The minimum absolute atomic E-state index is 0.0390. The molecule has 106 valence electrons. The Bertz CT molecular complexity index is 453. The van der Waals surface area contributed by atoms with Crippen LogP contribution in [0.3, 0.4) is 0 Å². The molecular weight excluding hydrogens is 280 g/mol. The van der Waals surface area contributed by atoms with Crippen LogP contribution in [0.2, 0.25) is 0 Å². The van der Waals surface area contributed by atoms with Gasteiger partial charge in [0.25, 0.3) is 12.3 Å². The number of nitrogens with zero attached hydrogens (tertiary/aromatic N) is 2. The molecule has 0 atom stereocenters. The van der Waals surface area contributed by atoms with E-state index in [0.717, 1.165) is 16.2 Å². The largest absolute Gasteiger partial charge is 0.395 e. The molecule has 1 aromatic rings. The van der Waals surface area contributed by atoms with E-state index < -0.39 is 25.5 Å². The molecule has 19 heavy (non-hydrogen) atoms. The van der Waals surface area contributed by atoms with Gasteiger partial charge in [0.2, 0.25) is 5.91 Å². The number of carbonyl (C=O) groups excluding carboxylic acids is 2. The number of halogens is 2. The molecule has 0 bridgehead atoms. The second kappa shape index (κ2) is 7.10. The molecule has 9 heteroatoms. The first-order valence-corrected chi connectivity index (χ1v) is 6.23. The summed E-state index contributed by atoms with van der Waals surface area (Å²) in [5.41, 5.74) is -0.0390. The Labute approximate surface area is 112 Å². The molecule has 0 fully saturated rings. The van der Waals surface area contributed by atoms with Gasteiger partial charge < -0.3 is 15.3 Å². The Morgan fingerprint density at radius 2 is 2.26 bits per heavy atom. The summed E-state index contributed by atoms with van der Waals surface area (Å²) < 4.78 is 24.6. The van der Waals surface area contributed by atoms with E-state index in [4.69, 9.17) is 5.11 Å². The Morgan fingerprint density at radius 3 is 2.79 bits per heavy atom. The third-order valence-corrected chi connectivity index (χ3v) is 2.78. The predicted molar refractivity (Wildman–Crippen MR) is 65.4 cm³/mol. The topological polar surface area (TPSA) is 82.5 Å². The SMILES string of the molecule is CC(=O)Nc1nc(C(=O)N(CCO)CC(F)F)cs1. The van der Waals surface area contributed by atoms with Gasteiger partial charge >= 0.3 is 0 Å². The summed E-state index contributed by atoms with van der Waals surface area (Å²) in [4.78, 5) is 27.3. The number of aliphatic hydroxyl groups is 1.